The van der Waals surface area contributed by atoms with Crippen LogP contribution in [0.15, 0.2) is 72.5 Å². The summed E-state index contributed by atoms with van der Waals surface area (Å²) in [6.07, 6.45) is -1.66. The highest BCUT2D eigenvalue weighted by molar-refractivity contribution is 14.2. The lowest BCUT2D eigenvalue weighted by molar-refractivity contribution is -0.143. The molecule has 0 fully saturated rings. The van der Waals surface area contributed by atoms with Crippen molar-refractivity contribution in [3.63, 3.8) is 0 Å². The van der Waals surface area contributed by atoms with Crippen molar-refractivity contribution < 1.29 is 50.1 Å². The van der Waals surface area contributed by atoms with E-state index < -0.39 is 44.2 Å². The van der Waals surface area contributed by atoms with E-state index in [2.05, 4.69) is 5.32 Å². The van der Waals surface area contributed by atoms with E-state index in [0.29, 0.717) is 85.2 Å². The van der Waals surface area contributed by atoms with Gasteiger partial charge in [-0.05, 0) is 54.5 Å². The standard InChI is InChI=1S/C38H41F6IN4O5/c1-51-30-5-3-4-26(20-30)33-34(32-22-31(52-2)10-11-45-32)49(35(48-33)27-18-28(37(39,40)41)21-29(19-27)38(42,43)44)23-24-6-8-25(9-7-24)36(50)47-13-15-54-17-16-53-14-12-46/h3-4,6-9,18-22,30H,5,10-17,23,46H2,1-2H3,(H,47,50). The Kier molecular flexibility index (Phi) is 14.3. The van der Waals surface area contributed by atoms with Crippen molar-refractivity contribution in [3.05, 3.63) is 106 Å². The van der Waals surface area contributed by atoms with Gasteiger partial charge in [0.1, 0.15) is 5.82 Å². The van der Waals surface area contributed by atoms with Gasteiger partial charge in [0, 0.05) is 57.8 Å². The number of nitrogens with two attached hydrogens (primary N) is 1. The van der Waals surface area contributed by atoms with Crippen LogP contribution in [0.4, 0.5) is 26.3 Å². The fourth-order valence-corrected chi connectivity index (χ4v) is 8.66. The average molecular weight is 875 g/mol. The summed E-state index contributed by atoms with van der Waals surface area (Å²) in [5.41, 5.74) is 4.74. The number of ether oxygens (including phenoxy) is 4. The molecule has 3 aromatic rings. The summed E-state index contributed by atoms with van der Waals surface area (Å²) >= 11 is -0.664. The first kappa shape index (κ1) is 41.3. The van der Waals surface area contributed by atoms with Gasteiger partial charge < -0.3 is 34.6 Å². The Morgan fingerprint density at radius 1 is 0.981 bits per heavy atom. The summed E-state index contributed by atoms with van der Waals surface area (Å²) in [6.45, 7) is 2.13. The van der Waals surface area contributed by atoms with E-state index in [-0.39, 0.29) is 49.2 Å². The van der Waals surface area contributed by atoms with E-state index in [0.717, 1.165) is 7.94 Å². The van der Waals surface area contributed by atoms with Crippen LogP contribution in [0.5, 0.6) is 0 Å². The zero-order valence-electron chi connectivity index (χ0n) is 29.7. The highest BCUT2D eigenvalue weighted by Gasteiger charge is 2.38. The van der Waals surface area contributed by atoms with Gasteiger partial charge in [0.05, 0.1) is 67.9 Å². The average Bonchev–Trinajstić information content (AvgIpc) is 3.54. The molecule has 16 heteroatoms. The Morgan fingerprint density at radius 2 is 1.67 bits per heavy atom. The van der Waals surface area contributed by atoms with Crippen molar-refractivity contribution >= 4 is 35.7 Å². The summed E-state index contributed by atoms with van der Waals surface area (Å²) in [7, 11) is 3.11. The molecule has 9 nitrogen and oxygen atoms in total. The van der Waals surface area contributed by atoms with Crippen LogP contribution in [0.1, 0.15) is 51.3 Å². The van der Waals surface area contributed by atoms with E-state index >= 15 is 0 Å². The Hall–Kier alpha value is -3.84. The number of nitrogens with zero attached hydrogens (tertiary/aromatic N) is 2. The fraction of sp³-hybridized carbons (Fsp3) is 0.395. The number of hydrogen-bond acceptors (Lipinski definition) is 7. The lowest BCUT2D eigenvalue weighted by Gasteiger charge is -2.19. The molecule has 2 aliphatic rings. The summed E-state index contributed by atoms with van der Waals surface area (Å²) in [5.74, 6) is 0.288. The number of amides is 1. The van der Waals surface area contributed by atoms with E-state index in [1.54, 1.807) is 43.1 Å². The van der Waals surface area contributed by atoms with Crippen molar-refractivity contribution in [2.24, 2.45) is 5.73 Å². The minimum atomic E-state index is -5.06. The predicted octanol–water partition coefficient (Wildman–Crippen LogP) is 7.14. The molecule has 1 amide bonds. The molecule has 1 aliphatic carbocycles. The fourth-order valence-electron chi connectivity index (χ4n) is 5.80. The Bertz CT molecular complexity index is 1870. The van der Waals surface area contributed by atoms with Gasteiger partial charge >= 0.3 is 12.4 Å². The largest absolute Gasteiger partial charge is 0.501 e. The molecule has 0 radical (unpaired) electrons. The molecule has 3 N–H and O–H groups in total. The molecule has 0 bridgehead atoms. The molecule has 5 rings (SSSR count). The third kappa shape index (κ3) is 10.7. The van der Waals surface area contributed by atoms with Crippen molar-refractivity contribution in [2.75, 3.05) is 58.2 Å². The van der Waals surface area contributed by atoms with Crippen LogP contribution in [-0.4, -0.2) is 83.2 Å². The summed E-state index contributed by atoms with van der Waals surface area (Å²) in [6, 6.07) is 8.11. The number of alkyl halides is 7. The molecule has 0 spiro atoms. The Labute approximate surface area is 318 Å². The smallest absolute Gasteiger partial charge is 0.416 e. The maximum Gasteiger partial charge on any atom is 0.416 e. The van der Waals surface area contributed by atoms with E-state index in [4.69, 9.17) is 29.7 Å². The second-order valence-electron chi connectivity index (χ2n) is 12.2. The molecular formula is C38H41F6IN4O5. The number of halogens is 7. The van der Waals surface area contributed by atoms with E-state index in [9.17, 15) is 31.1 Å². The first-order chi connectivity index (χ1) is 25.8. The molecule has 1 atom stereocenters. The number of carbonyl (C=O) groups excluding carboxylic acids is 1. The molecule has 2 heterocycles. The monoisotopic (exact) mass is 874 g/mol. The number of allylic oxidation sites excluding steroid dienone is 4. The number of aromatic nitrogens is 2. The minimum absolute atomic E-state index is 0.0192. The van der Waals surface area contributed by atoms with Crippen LogP contribution >= 0.6 is 20.7 Å². The van der Waals surface area contributed by atoms with Crippen molar-refractivity contribution in [3.8, 4) is 11.4 Å². The Morgan fingerprint density at radius 3 is 2.30 bits per heavy atom. The van der Waals surface area contributed by atoms with Crippen LogP contribution in [0.3, 0.4) is 0 Å². The minimum Gasteiger partial charge on any atom is -0.501 e. The van der Waals surface area contributed by atoms with Gasteiger partial charge in [0.15, 0.2) is 0 Å². The normalized spacial score (nSPS) is 16.3. The van der Waals surface area contributed by atoms with Gasteiger partial charge in [-0.25, -0.2) is 4.98 Å². The van der Waals surface area contributed by atoms with Gasteiger partial charge in [-0.3, -0.25) is 4.79 Å². The Balaban J connectivity index is 1.58. The van der Waals surface area contributed by atoms with Crippen LogP contribution in [0, 0.1) is 0 Å². The van der Waals surface area contributed by atoms with Gasteiger partial charge in [0.25, 0.3) is 5.91 Å². The van der Waals surface area contributed by atoms with Crippen LogP contribution < -0.4 is 11.1 Å². The van der Waals surface area contributed by atoms with Crippen molar-refractivity contribution in [2.45, 2.75) is 37.8 Å². The third-order valence-corrected chi connectivity index (χ3v) is 11.2. The van der Waals surface area contributed by atoms with Gasteiger partial charge in [0.2, 0.25) is 0 Å². The number of carbonyl (C=O) groups is 1. The molecule has 0 saturated heterocycles. The number of imidazole rings is 1. The quantitative estimate of drug-likeness (QED) is 0.0682. The molecular weight excluding hydrogens is 833 g/mol. The molecule has 2 aromatic carbocycles. The molecule has 1 aromatic heterocycles. The topological polar surface area (TPSA) is 110 Å². The SMILES string of the molecule is COC1=CC(c2c(C3=CC(OC)CC=C3)nc(-c3cc(C(F)(F)F)cc(C(F)(F)F)c3)n2Cc2ccc(C(=O)NCCOCCOCCN)cc2)=ICC1. The van der Waals surface area contributed by atoms with Gasteiger partial charge in [-0.2, -0.15) is 26.3 Å². The van der Waals surface area contributed by atoms with E-state index in [1.807, 2.05) is 24.3 Å². The number of rotatable bonds is 16. The predicted molar refractivity (Wildman–Crippen MR) is 201 cm³/mol. The number of methoxy groups -OCH3 is 2. The number of benzene rings is 2. The highest BCUT2D eigenvalue weighted by Crippen LogP contribution is 2.40. The van der Waals surface area contributed by atoms with Crippen molar-refractivity contribution in [1.29, 1.82) is 0 Å². The van der Waals surface area contributed by atoms with Crippen LogP contribution in [0.2, 0.25) is 0 Å². The number of nitrogens with one attached hydrogen (secondary N) is 1. The highest BCUT2D eigenvalue weighted by atomic mass is 127. The second kappa shape index (κ2) is 18.7. The van der Waals surface area contributed by atoms with Gasteiger partial charge in [-0.15, -0.1) is 20.7 Å². The lowest BCUT2D eigenvalue weighted by atomic mass is 10.00. The van der Waals surface area contributed by atoms with Crippen LogP contribution in [-0.2, 0) is 37.8 Å². The first-order valence-corrected chi connectivity index (χ1v) is 19.7. The molecule has 54 heavy (non-hydrogen) atoms. The van der Waals surface area contributed by atoms with Gasteiger partial charge in [-0.1, -0.05) is 24.3 Å². The summed E-state index contributed by atoms with van der Waals surface area (Å²) < 4.78 is 110. The maximum atomic E-state index is 14.1. The summed E-state index contributed by atoms with van der Waals surface area (Å²) in [5, 5.41) is 2.78. The second-order valence-corrected chi connectivity index (χ2v) is 15.3. The first-order valence-electron chi connectivity index (χ1n) is 17.1. The molecule has 1 aliphatic heterocycles. The summed E-state index contributed by atoms with van der Waals surface area (Å²) in [4.78, 5) is 17.7. The zero-order valence-corrected chi connectivity index (χ0v) is 31.8. The zero-order chi connectivity index (χ0) is 38.9. The molecule has 1 unspecified atom stereocenters. The molecule has 0 saturated carbocycles. The van der Waals surface area contributed by atoms with Crippen molar-refractivity contribution in [1.82, 2.24) is 14.9 Å². The van der Waals surface area contributed by atoms with Crippen LogP contribution in [0.25, 0.3) is 17.0 Å². The van der Waals surface area contributed by atoms with E-state index in [1.165, 1.54) is 0 Å². The third-order valence-electron chi connectivity index (χ3n) is 8.50. The maximum absolute atomic E-state index is 14.1. The lowest BCUT2D eigenvalue weighted by Crippen LogP contribution is -2.27. The number of hydrogen-bond donors (Lipinski definition) is 2. The molecule has 292 valence electrons.